The van der Waals surface area contributed by atoms with Crippen LogP contribution in [0.15, 0.2) is 17.1 Å². The molecule has 2 N–H and O–H groups in total. The quantitative estimate of drug-likeness (QED) is 0.414. The molecule has 0 saturated carbocycles. The zero-order valence-electron chi connectivity index (χ0n) is 14.2. The summed E-state index contributed by atoms with van der Waals surface area (Å²) in [6.07, 6.45) is -5.82. The van der Waals surface area contributed by atoms with E-state index >= 15 is 0 Å². The molecule has 0 bridgehead atoms. The molecule has 157 valence electrons. The van der Waals surface area contributed by atoms with Crippen LogP contribution in [-0.2, 0) is 10.1 Å². The van der Waals surface area contributed by atoms with Crippen molar-refractivity contribution in [2.24, 2.45) is 0 Å². The summed E-state index contributed by atoms with van der Waals surface area (Å²) in [6, 6.07) is 0.107. The fourth-order valence-corrected chi connectivity index (χ4v) is 3.44. The molecule has 0 saturated heterocycles. The molecule has 0 spiro atoms. The van der Waals surface area contributed by atoms with Gasteiger partial charge >= 0.3 is 12.3 Å². The van der Waals surface area contributed by atoms with E-state index in [-0.39, 0.29) is 19.0 Å². The molecule has 0 aliphatic heterocycles. The Bertz CT molecular complexity index is 1130. The number of hydrogen-bond donors (Lipinski definition) is 2. The van der Waals surface area contributed by atoms with Gasteiger partial charge in [-0.2, -0.15) is 12.8 Å². The van der Waals surface area contributed by atoms with Crippen molar-refractivity contribution >= 4 is 35.4 Å². The Balaban J connectivity index is 0.00000420. The number of ether oxygens (including phenoxy) is 1. The normalized spacial score (nSPS) is 13.1. The lowest BCUT2D eigenvalue weighted by atomic mass is 10.1. The molecule has 15 heteroatoms. The van der Waals surface area contributed by atoms with E-state index in [1.807, 2.05) is 0 Å². The van der Waals surface area contributed by atoms with E-state index in [2.05, 4.69) is 4.74 Å². The van der Waals surface area contributed by atoms with Crippen molar-refractivity contribution in [2.75, 3.05) is 0 Å². The van der Waals surface area contributed by atoms with Gasteiger partial charge in [0.25, 0.3) is 10.1 Å². The molecule has 1 atom stereocenters. The molecule has 0 aliphatic carbocycles. The summed E-state index contributed by atoms with van der Waals surface area (Å²) < 4.78 is 102. The Morgan fingerprint density at radius 1 is 1.31 bits per heavy atom. The molecule has 2 rings (SSSR count). The molecular weight excluding hydrogens is 432 g/mol. The number of aromatic nitrogens is 1. The average molecular weight is 442 g/mol. The smallest absolute Gasteiger partial charge is 0.477 e. The van der Waals surface area contributed by atoms with Crippen LogP contribution in [-0.4, -0.2) is 43.4 Å². The summed E-state index contributed by atoms with van der Waals surface area (Å²) in [7, 11) is -5.08. The number of rotatable bonds is 5. The maximum absolute atomic E-state index is 14.1. The van der Waals surface area contributed by atoms with Crippen molar-refractivity contribution in [3.8, 4) is 5.75 Å². The maximum atomic E-state index is 14.1. The first-order chi connectivity index (χ1) is 12.7. The summed E-state index contributed by atoms with van der Waals surface area (Å²) in [4.78, 5) is 23.5. The van der Waals surface area contributed by atoms with Gasteiger partial charge in [0.2, 0.25) is 11.2 Å². The van der Waals surface area contributed by atoms with Gasteiger partial charge in [-0.3, -0.25) is 9.35 Å². The molecule has 1 aromatic carbocycles. The molecule has 0 aliphatic rings. The van der Waals surface area contributed by atoms with Crippen LogP contribution in [0.2, 0.25) is 0 Å². The molecule has 3 radical (unpaired) electrons. The SMILES string of the molecule is CCC(n1cc(C(=O)O)c(=O)c2cc(F)c(F)c(OC(F)(F)F)c21)S(=O)(=O)O.[B]. The summed E-state index contributed by atoms with van der Waals surface area (Å²) in [5.41, 5.74) is -3.87. The van der Waals surface area contributed by atoms with E-state index in [0.717, 1.165) is 6.92 Å². The van der Waals surface area contributed by atoms with Gasteiger partial charge in [0, 0.05) is 14.6 Å². The first kappa shape index (κ1) is 24.4. The second kappa shape index (κ2) is 7.98. The van der Waals surface area contributed by atoms with Crippen molar-refractivity contribution in [3.63, 3.8) is 0 Å². The molecule has 1 unspecified atom stereocenters. The number of nitrogens with zero attached hydrogens (tertiary/aromatic N) is 1. The minimum absolute atomic E-state index is 0. The van der Waals surface area contributed by atoms with Gasteiger partial charge in [-0.15, -0.1) is 13.2 Å². The lowest BCUT2D eigenvalue weighted by Crippen LogP contribution is -2.27. The van der Waals surface area contributed by atoms with Crippen LogP contribution in [0.1, 0.15) is 29.1 Å². The highest BCUT2D eigenvalue weighted by Crippen LogP contribution is 2.36. The molecule has 1 heterocycles. The number of hydrogen-bond acceptors (Lipinski definition) is 5. The van der Waals surface area contributed by atoms with Crippen LogP contribution < -0.4 is 10.2 Å². The lowest BCUT2D eigenvalue weighted by Gasteiger charge is -2.22. The zero-order chi connectivity index (χ0) is 21.6. The zero-order valence-corrected chi connectivity index (χ0v) is 15.0. The second-order valence-corrected chi connectivity index (χ2v) is 6.98. The number of aromatic carboxylic acids is 1. The van der Waals surface area contributed by atoms with Gasteiger partial charge in [-0.1, -0.05) is 6.92 Å². The maximum Gasteiger partial charge on any atom is 0.573 e. The average Bonchev–Trinajstić information content (AvgIpc) is 2.52. The predicted molar refractivity (Wildman–Crippen MR) is 88.4 cm³/mol. The number of pyridine rings is 1. The third kappa shape index (κ3) is 4.67. The largest absolute Gasteiger partial charge is 0.573 e. The summed E-state index contributed by atoms with van der Waals surface area (Å²) in [5.74, 6) is -7.99. The van der Waals surface area contributed by atoms with E-state index in [1.165, 1.54) is 0 Å². The number of carboxylic acid groups (broad SMARTS) is 1. The molecule has 29 heavy (non-hydrogen) atoms. The van der Waals surface area contributed by atoms with Crippen molar-refractivity contribution in [1.82, 2.24) is 4.57 Å². The fourth-order valence-electron chi connectivity index (χ4n) is 2.57. The van der Waals surface area contributed by atoms with Crippen molar-refractivity contribution < 1.29 is 49.6 Å². The van der Waals surface area contributed by atoms with Gasteiger partial charge in [0.05, 0.1) is 10.9 Å². The van der Waals surface area contributed by atoms with Crippen molar-refractivity contribution in [3.05, 3.63) is 39.7 Å². The van der Waals surface area contributed by atoms with Crippen LogP contribution in [0.25, 0.3) is 10.9 Å². The Hall–Kier alpha value is -2.68. The highest BCUT2D eigenvalue weighted by atomic mass is 32.2. The highest BCUT2D eigenvalue weighted by Gasteiger charge is 2.37. The first-order valence-electron chi connectivity index (χ1n) is 7.21. The van der Waals surface area contributed by atoms with Crippen LogP contribution in [0.5, 0.6) is 5.75 Å². The molecule has 8 nitrogen and oxygen atoms in total. The minimum Gasteiger partial charge on any atom is -0.477 e. The van der Waals surface area contributed by atoms with Gasteiger partial charge in [-0.25, -0.2) is 9.18 Å². The number of alkyl halides is 3. The predicted octanol–water partition coefficient (Wildman–Crippen LogP) is 2.29. The molecule has 1 aromatic heterocycles. The number of carbonyl (C=O) groups is 1. The molecular formula is C14H10BF5NO7S. The summed E-state index contributed by atoms with van der Waals surface area (Å²) in [6.45, 7) is 1.15. The van der Waals surface area contributed by atoms with Crippen LogP contribution in [0.3, 0.4) is 0 Å². The minimum atomic E-state index is -5.58. The summed E-state index contributed by atoms with van der Waals surface area (Å²) >= 11 is 0. The molecule has 0 fully saturated rings. The Morgan fingerprint density at radius 3 is 2.28 bits per heavy atom. The number of benzene rings is 1. The third-order valence-electron chi connectivity index (χ3n) is 3.62. The standard InChI is InChI=1S/C14H10F5NO7S.B/c1-2-8(28(24,25)26)20-4-6(13(22)23)11(21)5-3-7(15)9(16)12(10(5)20)27-14(17,18)19;/h3-4,8H,2H2,1H3,(H,22,23)(H,24,25,26);. The number of carboxylic acids is 1. The number of halogens is 5. The second-order valence-electron chi connectivity index (χ2n) is 5.41. The highest BCUT2D eigenvalue weighted by molar-refractivity contribution is 7.85. The van der Waals surface area contributed by atoms with Gasteiger partial charge in [-0.05, 0) is 12.5 Å². The van der Waals surface area contributed by atoms with E-state index in [9.17, 15) is 44.5 Å². The third-order valence-corrected chi connectivity index (χ3v) is 4.87. The Morgan fingerprint density at radius 2 is 1.86 bits per heavy atom. The van der Waals surface area contributed by atoms with E-state index in [4.69, 9.17) is 5.11 Å². The van der Waals surface area contributed by atoms with Crippen molar-refractivity contribution in [2.45, 2.75) is 25.1 Å². The number of fused-ring (bicyclic) bond motifs is 1. The van der Waals surface area contributed by atoms with E-state index in [1.54, 1.807) is 0 Å². The van der Waals surface area contributed by atoms with Gasteiger partial charge in [0.1, 0.15) is 5.56 Å². The molecule has 0 amide bonds. The van der Waals surface area contributed by atoms with Crippen molar-refractivity contribution in [1.29, 1.82) is 0 Å². The first-order valence-corrected chi connectivity index (χ1v) is 8.71. The fraction of sp³-hybridized carbons (Fsp3) is 0.286. The Labute approximate surface area is 160 Å². The van der Waals surface area contributed by atoms with Gasteiger partial charge < -0.3 is 14.4 Å². The Kier molecular flexibility index (Phi) is 6.71. The van der Waals surface area contributed by atoms with Crippen LogP contribution in [0.4, 0.5) is 22.0 Å². The van der Waals surface area contributed by atoms with E-state index in [0.29, 0.717) is 6.20 Å². The summed E-state index contributed by atoms with van der Waals surface area (Å²) in [5, 5.41) is 5.85. The van der Waals surface area contributed by atoms with Gasteiger partial charge in [0.15, 0.2) is 16.9 Å². The van der Waals surface area contributed by atoms with E-state index < -0.39 is 73.5 Å². The van der Waals surface area contributed by atoms with Crippen LogP contribution in [0, 0.1) is 11.6 Å². The molecule has 2 aromatic rings. The lowest BCUT2D eigenvalue weighted by molar-refractivity contribution is -0.275. The monoisotopic (exact) mass is 442 g/mol. The topological polar surface area (TPSA) is 123 Å². The van der Waals surface area contributed by atoms with Crippen LogP contribution >= 0.6 is 0 Å².